The molecule has 0 aliphatic carbocycles. The molecule has 0 atom stereocenters. The SMILES string of the molecule is CN1C(=O)/C(=C/C(C)(C)C)N=C1C(C)(C)C. The molecule has 0 aromatic heterocycles. The third-order valence-corrected chi connectivity index (χ3v) is 2.31. The summed E-state index contributed by atoms with van der Waals surface area (Å²) in [7, 11) is 1.79. The van der Waals surface area contributed by atoms with Crippen molar-refractivity contribution in [3.8, 4) is 0 Å². The molecule has 1 aliphatic rings. The maximum Gasteiger partial charge on any atom is 0.277 e. The summed E-state index contributed by atoms with van der Waals surface area (Å²) in [5, 5.41) is 0. The van der Waals surface area contributed by atoms with E-state index in [1.807, 2.05) is 6.08 Å². The number of hydrogen-bond donors (Lipinski definition) is 0. The maximum absolute atomic E-state index is 12.0. The van der Waals surface area contributed by atoms with E-state index in [1.165, 1.54) is 0 Å². The van der Waals surface area contributed by atoms with Crippen molar-refractivity contribution in [1.82, 2.24) is 4.90 Å². The van der Waals surface area contributed by atoms with E-state index < -0.39 is 0 Å². The largest absolute Gasteiger partial charge is 0.298 e. The van der Waals surface area contributed by atoms with Crippen LogP contribution in [-0.2, 0) is 4.79 Å². The normalized spacial score (nSPS) is 20.7. The zero-order valence-electron chi connectivity index (χ0n) is 11.4. The predicted molar refractivity (Wildman–Crippen MR) is 67.2 cm³/mol. The van der Waals surface area contributed by atoms with Gasteiger partial charge in [-0.3, -0.25) is 9.69 Å². The number of nitrogens with zero attached hydrogens (tertiary/aromatic N) is 2. The summed E-state index contributed by atoms with van der Waals surface area (Å²) in [5.41, 5.74) is 0.445. The van der Waals surface area contributed by atoms with Crippen LogP contribution in [0.5, 0.6) is 0 Å². The van der Waals surface area contributed by atoms with Gasteiger partial charge in [0.25, 0.3) is 5.91 Å². The van der Waals surface area contributed by atoms with Crippen molar-refractivity contribution in [1.29, 1.82) is 0 Å². The molecule has 3 nitrogen and oxygen atoms in total. The second-order valence-corrected chi connectivity index (χ2v) is 6.45. The number of amidine groups is 1. The summed E-state index contributed by atoms with van der Waals surface area (Å²) in [5.74, 6) is 0.841. The van der Waals surface area contributed by atoms with Crippen LogP contribution in [0.2, 0.25) is 0 Å². The summed E-state index contributed by atoms with van der Waals surface area (Å²) in [4.78, 5) is 18.1. The lowest BCUT2D eigenvalue weighted by Gasteiger charge is -2.23. The Bertz CT molecular complexity index is 364. The van der Waals surface area contributed by atoms with E-state index in [4.69, 9.17) is 0 Å². The molecule has 0 saturated carbocycles. The van der Waals surface area contributed by atoms with E-state index in [-0.39, 0.29) is 16.7 Å². The van der Waals surface area contributed by atoms with Gasteiger partial charge in [-0.15, -0.1) is 0 Å². The van der Waals surface area contributed by atoms with Gasteiger partial charge in [0.05, 0.1) is 0 Å². The molecule has 1 heterocycles. The first-order chi connectivity index (χ1) is 7.02. The van der Waals surface area contributed by atoms with Gasteiger partial charge in [-0.25, -0.2) is 4.99 Å². The van der Waals surface area contributed by atoms with Gasteiger partial charge in [-0.1, -0.05) is 41.5 Å². The molecule has 3 heteroatoms. The van der Waals surface area contributed by atoms with Crippen molar-refractivity contribution < 1.29 is 4.79 Å². The minimum Gasteiger partial charge on any atom is -0.298 e. The van der Waals surface area contributed by atoms with E-state index in [0.29, 0.717) is 5.70 Å². The van der Waals surface area contributed by atoms with Crippen LogP contribution in [0, 0.1) is 10.8 Å². The van der Waals surface area contributed by atoms with Crippen molar-refractivity contribution in [2.75, 3.05) is 7.05 Å². The zero-order valence-corrected chi connectivity index (χ0v) is 11.4. The lowest BCUT2D eigenvalue weighted by Crippen LogP contribution is -2.36. The molecule has 0 spiro atoms. The quantitative estimate of drug-likeness (QED) is 0.580. The van der Waals surface area contributed by atoms with E-state index in [2.05, 4.69) is 46.5 Å². The molecule has 0 aromatic rings. The average Bonchev–Trinajstić information content (AvgIpc) is 2.28. The highest BCUT2D eigenvalue weighted by atomic mass is 16.2. The Morgan fingerprint density at radius 3 is 1.94 bits per heavy atom. The smallest absolute Gasteiger partial charge is 0.277 e. The fourth-order valence-electron chi connectivity index (χ4n) is 1.68. The van der Waals surface area contributed by atoms with Crippen LogP contribution in [0.3, 0.4) is 0 Å². The number of allylic oxidation sites excluding steroid dienone is 1. The fourth-order valence-corrected chi connectivity index (χ4v) is 1.68. The molecule has 16 heavy (non-hydrogen) atoms. The van der Waals surface area contributed by atoms with Crippen LogP contribution < -0.4 is 0 Å². The number of carbonyl (C=O) groups is 1. The molecule has 1 amide bonds. The van der Waals surface area contributed by atoms with Gasteiger partial charge < -0.3 is 0 Å². The van der Waals surface area contributed by atoms with Gasteiger partial charge in [0, 0.05) is 12.5 Å². The van der Waals surface area contributed by atoms with E-state index in [0.717, 1.165) is 5.84 Å². The highest BCUT2D eigenvalue weighted by Gasteiger charge is 2.34. The fraction of sp³-hybridized carbons (Fsp3) is 0.692. The Morgan fingerprint density at radius 2 is 1.62 bits per heavy atom. The Balaban J connectivity index is 3.15. The van der Waals surface area contributed by atoms with E-state index in [9.17, 15) is 4.79 Å². The summed E-state index contributed by atoms with van der Waals surface area (Å²) < 4.78 is 0. The van der Waals surface area contributed by atoms with Crippen molar-refractivity contribution >= 4 is 11.7 Å². The zero-order chi connectivity index (χ0) is 12.7. The van der Waals surface area contributed by atoms with Gasteiger partial charge in [0.15, 0.2) is 0 Å². The third kappa shape index (κ3) is 2.71. The Hall–Kier alpha value is -1.12. The highest BCUT2D eigenvalue weighted by Crippen LogP contribution is 2.28. The molecule has 0 bridgehead atoms. The van der Waals surface area contributed by atoms with Crippen molar-refractivity contribution in [3.63, 3.8) is 0 Å². The van der Waals surface area contributed by atoms with Crippen molar-refractivity contribution in [2.45, 2.75) is 41.5 Å². The molecular formula is C13H22N2O. The van der Waals surface area contributed by atoms with Gasteiger partial charge >= 0.3 is 0 Å². The van der Waals surface area contributed by atoms with Crippen molar-refractivity contribution in [3.05, 3.63) is 11.8 Å². The van der Waals surface area contributed by atoms with Gasteiger partial charge in [-0.05, 0) is 11.5 Å². The Labute approximate surface area is 98.2 Å². The standard InChI is InChI=1S/C13H22N2O/c1-12(2,3)8-9-10(16)15(7)11(14-9)13(4,5)6/h8H,1-7H3/b9-8-. The monoisotopic (exact) mass is 222 g/mol. The molecule has 0 radical (unpaired) electrons. The summed E-state index contributed by atoms with van der Waals surface area (Å²) in [6, 6.07) is 0. The lowest BCUT2D eigenvalue weighted by molar-refractivity contribution is -0.122. The molecule has 1 aliphatic heterocycles. The Morgan fingerprint density at radius 1 is 1.12 bits per heavy atom. The molecular weight excluding hydrogens is 200 g/mol. The number of aliphatic imine (C=N–C) groups is 1. The van der Waals surface area contributed by atoms with Gasteiger partial charge in [-0.2, -0.15) is 0 Å². The first kappa shape index (κ1) is 12.9. The Kier molecular flexibility index (Phi) is 3.01. The van der Waals surface area contributed by atoms with Crippen LogP contribution in [0.15, 0.2) is 16.8 Å². The minimum atomic E-state index is -0.0993. The minimum absolute atomic E-state index is 0.000139. The third-order valence-electron chi connectivity index (χ3n) is 2.31. The molecule has 1 rings (SSSR count). The number of amides is 1. The molecule has 90 valence electrons. The molecule has 0 unspecified atom stereocenters. The van der Waals surface area contributed by atoms with Gasteiger partial charge in [0.2, 0.25) is 0 Å². The van der Waals surface area contributed by atoms with Crippen LogP contribution in [0.1, 0.15) is 41.5 Å². The van der Waals surface area contributed by atoms with Gasteiger partial charge in [0.1, 0.15) is 11.5 Å². The first-order valence-corrected chi connectivity index (χ1v) is 5.62. The molecule has 0 fully saturated rings. The number of hydrogen-bond acceptors (Lipinski definition) is 2. The maximum atomic E-state index is 12.0. The number of likely N-dealkylation sites (N-methyl/N-ethyl adjacent to an activating group) is 1. The van der Waals surface area contributed by atoms with Crippen molar-refractivity contribution in [2.24, 2.45) is 15.8 Å². The van der Waals surface area contributed by atoms with E-state index >= 15 is 0 Å². The molecule has 0 aromatic carbocycles. The van der Waals surface area contributed by atoms with Crippen LogP contribution >= 0.6 is 0 Å². The second-order valence-electron chi connectivity index (χ2n) is 6.45. The molecule has 0 saturated heterocycles. The summed E-state index contributed by atoms with van der Waals surface area (Å²) in [6.45, 7) is 12.4. The predicted octanol–water partition coefficient (Wildman–Crippen LogP) is 2.83. The second kappa shape index (κ2) is 3.72. The number of rotatable bonds is 0. The van der Waals surface area contributed by atoms with Crippen LogP contribution in [0.4, 0.5) is 0 Å². The number of carbonyl (C=O) groups excluding carboxylic acids is 1. The summed E-state index contributed by atoms with van der Waals surface area (Å²) in [6.07, 6.45) is 1.94. The average molecular weight is 222 g/mol. The first-order valence-electron chi connectivity index (χ1n) is 5.62. The van der Waals surface area contributed by atoms with Crippen LogP contribution in [-0.4, -0.2) is 23.7 Å². The topological polar surface area (TPSA) is 32.7 Å². The lowest BCUT2D eigenvalue weighted by atomic mass is 9.94. The van der Waals surface area contributed by atoms with E-state index in [1.54, 1.807) is 11.9 Å². The molecule has 0 N–H and O–H groups in total. The summed E-state index contributed by atoms with van der Waals surface area (Å²) >= 11 is 0. The van der Waals surface area contributed by atoms with Crippen LogP contribution in [0.25, 0.3) is 0 Å². The highest BCUT2D eigenvalue weighted by molar-refractivity contribution is 6.13.